The lowest BCUT2D eigenvalue weighted by atomic mass is 10.1. The summed E-state index contributed by atoms with van der Waals surface area (Å²) in [6, 6.07) is 19.9. The van der Waals surface area contributed by atoms with Gasteiger partial charge in [0, 0.05) is 30.7 Å². The number of aromatic nitrogens is 3. The van der Waals surface area contributed by atoms with Crippen molar-refractivity contribution in [2.24, 2.45) is 0 Å². The number of nitrogens with one attached hydrogen (secondary N) is 3. The molecule has 0 saturated heterocycles. The molecule has 4 aromatic rings. The van der Waals surface area contributed by atoms with Gasteiger partial charge in [0.25, 0.3) is 0 Å². The first-order chi connectivity index (χ1) is 14.6. The zero-order valence-corrected chi connectivity index (χ0v) is 16.8. The molecule has 0 aliphatic heterocycles. The van der Waals surface area contributed by atoms with Crippen molar-refractivity contribution in [1.82, 2.24) is 19.7 Å². The van der Waals surface area contributed by atoms with Gasteiger partial charge in [-0.3, -0.25) is 0 Å². The lowest BCUT2D eigenvalue weighted by Gasteiger charge is -2.11. The zero-order chi connectivity index (χ0) is 20.8. The number of hydrogen-bond acceptors (Lipinski definition) is 7. The van der Waals surface area contributed by atoms with Gasteiger partial charge in [-0.15, -0.1) is 0 Å². The molecule has 0 radical (unpaired) electrons. The van der Waals surface area contributed by atoms with E-state index in [-0.39, 0.29) is 11.4 Å². The summed E-state index contributed by atoms with van der Waals surface area (Å²) in [4.78, 5) is 12.8. The number of fused-ring (bicyclic) bond motifs is 1. The first-order valence-electron chi connectivity index (χ1n) is 9.33. The number of pyridine rings is 1. The van der Waals surface area contributed by atoms with E-state index >= 15 is 0 Å². The van der Waals surface area contributed by atoms with Crippen molar-refractivity contribution in [3.63, 3.8) is 0 Å². The summed E-state index contributed by atoms with van der Waals surface area (Å²) in [5.41, 5.74) is 0. The molecule has 3 N–H and O–H groups in total. The summed E-state index contributed by atoms with van der Waals surface area (Å²) in [5.74, 6) is 1.83. The summed E-state index contributed by atoms with van der Waals surface area (Å²) < 4.78 is 28.1. The van der Waals surface area contributed by atoms with E-state index in [2.05, 4.69) is 30.3 Å². The largest absolute Gasteiger partial charge is 0.369 e. The quantitative estimate of drug-likeness (QED) is 0.376. The van der Waals surface area contributed by atoms with E-state index in [1.54, 1.807) is 30.5 Å². The summed E-state index contributed by atoms with van der Waals surface area (Å²) in [6.07, 6.45) is 3.11. The maximum atomic E-state index is 12.7. The number of hydrogen-bond donors (Lipinski definition) is 3. The fraction of sp³-hybridized carbons (Fsp3) is 0.0952. The molecule has 0 bridgehead atoms. The van der Waals surface area contributed by atoms with Crippen LogP contribution < -0.4 is 15.4 Å². The number of nitrogens with zero attached hydrogens (tertiary/aromatic N) is 3. The average molecular weight is 420 g/mol. The molecule has 8 nitrogen and oxygen atoms in total. The van der Waals surface area contributed by atoms with Gasteiger partial charge in [0.1, 0.15) is 23.8 Å². The number of rotatable bonds is 8. The fourth-order valence-corrected chi connectivity index (χ4v) is 4.23. The molecule has 4 rings (SSSR count). The van der Waals surface area contributed by atoms with Gasteiger partial charge in [0.05, 0.1) is 4.90 Å². The van der Waals surface area contributed by atoms with E-state index in [0.717, 1.165) is 5.39 Å². The van der Waals surface area contributed by atoms with Crippen molar-refractivity contribution in [2.75, 3.05) is 23.7 Å². The highest BCUT2D eigenvalue weighted by molar-refractivity contribution is 7.89. The van der Waals surface area contributed by atoms with Crippen LogP contribution in [0, 0.1) is 0 Å². The molecule has 2 aromatic carbocycles. The maximum Gasteiger partial charge on any atom is 0.241 e. The predicted octanol–water partition coefficient (Wildman–Crippen LogP) is 3.16. The number of anilines is 3. The highest BCUT2D eigenvalue weighted by Gasteiger charge is 2.16. The third-order valence-electron chi connectivity index (χ3n) is 4.35. The normalized spacial score (nSPS) is 11.3. The molecule has 0 unspecified atom stereocenters. The van der Waals surface area contributed by atoms with Gasteiger partial charge in [-0.2, -0.15) is 0 Å². The second-order valence-electron chi connectivity index (χ2n) is 6.43. The molecule has 0 fully saturated rings. The van der Waals surface area contributed by atoms with Crippen molar-refractivity contribution in [3.05, 3.63) is 79.3 Å². The first kappa shape index (κ1) is 19.7. The van der Waals surface area contributed by atoms with Crippen molar-refractivity contribution in [1.29, 1.82) is 0 Å². The predicted molar refractivity (Wildman–Crippen MR) is 117 cm³/mol. The monoisotopic (exact) mass is 420 g/mol. The van der Waals surface area contributed by atoms with Crippen LogP contribution in [0.15, 0.2) is 84.1 Å². The van der Waals surface area contributed by atoms with E-state index < -0.39 is 10.0 Å². The molecule has 0 amide bonds. The van der Waals surface area contributed by atoms with E-state index in [9.17, 15) is 8.42 Å². The second-order valence-corrected chi connectivity index (χ2v) is 8.17. The Bertz CT molecular complexity index is 1240. The standard InChI is InChI=1S/C21H20N6O2S/c28-30(29,18-9-5-7-16-6-1-2-8-17(16)18)26-13-12-23-20-14-21(25-15-24-20)27-19-10-3-4-11-22-19/h1-11,14-15,26H,12-13H2,(H2,22,23,24,25,27). The van der Waals surface area contributed by atoms with Gasteiger partial charge in [0.2, 0.25) is 10.0 Å². The van der Waals surface area contributed by atoms with Crippen LogP contribution in [0.1, 0.15) is 0 Å². The van der Waals surface area contributed by atoms with Crippen molar-refractivity contribution >= 4 is 38.2 Å². The minimum atomic E-state index is -3.63. The molecular weight excluding hydrogens is 400 g/mol. The summed E-state index contributed by atoms with van der Waals surface area (Å²) in [7, 11) is -3.63. The Morgan fingerprint density at radius 3 is 2.43 bits per heavy atom. The highest BCUT2D eigenvalue weighted by atomic mass is 32.2. The SMILES string of the molecule is O=S(=O)(NCCNc1cc(Nc2ccccn2)ncn1)c1cccc2ccccc12. The van der Waals surface area contributed by atoms with Crippen LogP contribution in [0.4, 0.5) is 17.5 Å². The molecule has 0 saturated carbocycles. The van der Waals surface area contributed by atoms with E-state index in [0.29, 0.717) is 29.4 Å². The van der Waals surface area contributed by atoms with E-state index in [1.165, 1.54) is 6.33 Å². The topological polar surface area (TPSA) is 109 Å². The molecule has 0 spiro atoms. The van der Waals surface area contributed by atoms with Gasteiger partial charge in [-0.1, -0.05) is 42.5 Å². The number of benzene rings is 2. The number of sulfonamides is 1. The smallest absolute Gasteiger partial charge is 0.241 e. The van der Waals surface area contributed by atoms with Gasteiger partial charge in [-0.05, 0) is 23.6 Å². The molecule has 0 aliphatic rings. The van der Waals surface area contributed by atoms with Crippen molar-refractivity contribution < 1.29 is 8.42 Å². The minimum absolute atomic E-state index is 0.207. The Balaban J connectivity index is 1.36. The third-order valence-corrected chi connectivity index (χ3v) is 5.87. The summed E-state index contributed by atoms with van der Waals surface area (Å²) >= 11 is 0. The van der Waals surface area contributed by atoms with Crippen LogP contribution in [0.5, 0.6) is 0 Å². The van der Waals surface area contributed by atoms with Crippen molar-refractivity contribution in [3.8, 4) is 0 Å². The molecule has 0 aliphatic carbocycles. The second kappa shape index (κ2) is 8.85. The van der Waals surface area contributed by atoms with Crippen LogP contribution in [-0.4, -0.2) is 36.5 Å². The Morgan fingerprint density at radius 1 is 0.767 bits per heavy atom. The zero-order valence-electron chi connectivity index (χ0n) is 16.0. The first-order valence-corrected chi connectivity index (χ1v) is 10.8. The summed E-state index contributed by atoms with van der Waals surface area (Å²) in [5, 5.41) is 7.76. The maximum absolute atomic E-state index is 12.7. The molecule has 152 valence electrons. The van der Waals surface area contributed by atoms with Crippen LogP contribution in [0.2, 0.25) is 0 Å². The Labute approximate surface area is 174 Å². The lowest BCUT2D eigenvalue weighted by Crippen LogP contribution is -2.29. The van der Waals surface area contributed by atoms with Gasteiger partial charge >= 0.3 is 0 Å². The van der Waals surface area contributed by atoms with Gasteiger partial charge < -0.3 is 10.6 Å². The Kier molecular flexibility index (Phi) is 5.82. The molecule has 2 aromatic heterocycles. The molecular formula is C21H20N6O2S. The molecule has 2 heterocycles. The van der Waals surface area contributed by atoms with Crippen molar-refractivity contribution in [2.45, 2.75) is 4.90 Å². The highest BCUT2D eigenvalue weighted by Crippen LogP contribution is 2.22. The Hall–Kier alpha value is -3.56. The fourth-order valence-electron chi connectivity index (χ4n) is 2.97. The molecule has 30 heavy (non-hydrogen) atoms. The van der Waals surface area contributed by atoms with Gasteiger partial charge in [0.15, 0.2) is 0 Å². The van der Waals surface area contributed by atoms with Crippen LogP contribution in [-0.2, 0) is 10.0 Å². The third kappa shape index (κ3) is 4.70. The molecule has 0 atom stereocenters. The molecule has 9 heteroatoms. The van der Waals surface area contributed by atoms with E-state index in [1.807, 2.05) is 42.5 Å². The van der Waals surface area contributed by atoms with Gasteiger partial charge in [-0.25, -0.2) is 28.1 Å². The Morgan fingerprint density at radius 2 is 1.57 bits per heavy atom. The summed E-state index contributed by atoms with van der Waals surface area (Å²) in [6.45, 7) is 0.572. The van der Waals surface area contributed by atoms with Crippen LogP contribution in [0.25, 0.3) is 10.8 Å². The van der Waals surface area contributed by atoms with Crippen LogP contribution in [0.3, 0.4) is 0 Å². The van der Waals surface area contributed by atoms with Crippen LogP contribution >= 0.6 is 0 Å². The minimum Gasteiger partial charge on any atom is -0.369 e. The lowest BCUT2D eigenvalue weighted by molar-refractivity contribution is 0.584. The van der Waals surface area contributed by atoms with E-state index in [4.69, 9.17) is 0 Å². The average Bonchev–Trinajstić information content (AvgIpc) is 2.77.